The third kappa shape index (κ3) is 5.24. The fraction of sp³-hybridized carbons (Fsp3) is 0.250. The molecule has 1 amide bonds. The van der Waals surface area contributed by atoms with Crippen LogP contribution in [0.15, 0.2) is 48.7 Å². The zero-order valence-electron chi connectivity index (χ0n) is 11.7. The highest BCUT2D eigenvalue weighted by molar-refractivity contribution is 5.74. The van der Waals surface area contributed by atoms with Gasteiger partial charge in [-0.1, -0.05) is 18.2 Å². The Balaban J connectivity index is 1.85. The molecule has 0 aliphatic carbocycles. The van der Waals surface area contributed by atoms with Crippen molar-refractivity contribution in [1.82, 2.24) is 4.98 Å². The summed E-state index contributed by atoms with van der Waals surface area (Å²) in [5.74, 6) is 0.394. The van der Waals surface area contributed by atoms with E-state index in [-0.39, 0.29) is 18.4 Å². The molecule has 0 spiro atoms. The number of benzene rings is 1. The van der Waals surface area contributed by atoms with Crippen LogP contribution in [0.2, 0.25) is 0 Å². The monoisotopic (exact) mass is 285 g/mol. The SMILES string of the molecule is NC(=O)CC(N)Cc1ccc(OCc2ccccn2)cc1. The second kappa shape index (κ2) is 7.40. The van der Waals surface area contributed by atoms with Crippen molar-refractivity contribution in [2.75, 3.05) is 0 Å². The van der Waals surface area contributed by atoms with Crippen molar-refractivity contribution >= 4 is 5.91 Å². The lowest BCUT2D eigenvalue weighted by atomic mass is 10.0. The highest BCUT2D eigenvalue weighted by Crippen LogP contribution is 2.15. The molecule has 2 rings (SSSR count). The van der Waals surface area contributed by atoms with Crippen molar-refractivity contribution in [3.05, 3.63) is 59.9 Å². The van der Waals surface area contributed by atoms with Crippen LogP contribution >= 0.6 is 0 Å². The first-order valence-corrected chi connectivity index (χ1v) is 6.79. The number of amides is 1. The van der Waals surface area contributed by atoms with E-state index in [1.807, 2.05) is 42.5 Å². The summed E-state index contributed by atoms with van der Waals surface area (Å²) in [5, 5.41) is 0. The van der Waals surface area contributed by atoms with E-state index in [9.17, 15) is 4.79 Å². The van der Waals surface area contributed by atoms with Gasteiger partial charge < -0.3 is 16.2 Å². The molecule has 1 unspecified atom stereocenters. The molecular formula is C16H19N3O2. The molecule has 1 aromatic heterocycles. The summed E-state index contributed by atoms with van der Waals surface area (Å²) in [7, 11) is 0. The summed E-state index contributed by atoms with van der Waals surface area (Å²) in [6.45, 7) is 0.432. The van der Waals surface area contributed by atoms with Gasteiger partial charge in [-0.2, -0.15) is 0 Å². The van der Waals surface area contributed by atoms with Crippen molar-refractivity contribution < 1.29 is 9.53 Å². The minimum absolute atomic E-state index is 0.192. The molecule has 0 saturated carbocycles. The summed E-state index contributed by atoms with van der Waals surface area (Å²) < 4.78 is 5.65. The van der Waals surface area contributed by atoms with Gasteiger partial charge in [-0.3, -0.25) is 9.78 Å². The minimum atomic E-state index is -0.377. The number of hydrogen-bond donors (Lipinski definition) is 2. The Hall–Kier alpha value is -2.40. The van der Waals surface area contributed by atoms with E-state index in [2.05, 4.69) is 4.98 Å². The van der Waals surface area contributed by atoms with Crippen LogP contribution in [0.5, 0.6) is 5.75 Å². The van der Waals surface area contributed by atoms with Crippen LogP contribution in [-0.4, -0.2) is 16.9 Å². The summed E-state index contributed by atoms with van der Waals surface area (Å²) in [6.07, 6.45) is 2.54. The van der Waals surface area contributed by atoms with E-state index < -0.39 is 0 Å². The highest BCUT2D eigenvalue weighted by atomic mass is 16.5. The molecule has 0 saturated heterocycles. The third-order valence-corrected chi connectivity index (χ3v) is 3.00. The van der Waals surface area contributed by atoms with Gasteiger partial charge in [0.1, 0.15) is 12.4 Å². The standard InChI is InChI=1S/C16H19N3O2/c17-13(10-16(18)20)9-12-4-6-15(7-5-12)21-11-14-3-1-2-8-19-14/h1-8,13H,9-11,17H2,(H2,18,20). The van der Waals surface area contributed by atoms with Crippen LogP contribution in [0.1, 0.15) is 17.7 Å². The number of aromatic nitrogens is 1. The van der Waals surface area contributed by atoms with Crippen molar-refractivity contribution in [2.45, 2.75) is 25.5 Å². The fourth-order valence-electron chi connectivity index (χ4n) is 2.00. The molecule has 0 aliphatic heterocycles. The molecule has 0 bridgehead atoms. The first-order chi connectivity index (χ1) is 10.1. The van der Waals surface area contributed by atoms with Gasteiger partial charge in [0.15, 0.2) is 0 Å². The summed E-state index contributed by atoms with van der Waals surface area (Å²) >= 11 is 0. The number of primary amides is 1. The highest BCUT2D eigenvalue weighted by Gasteiger charge is 2.07. The number of rotatable bonds is 7. The van der Waals surface area contributed by atoms with E-state index >= 15 is 0 Å². The molecule has 110 valence electrons. The lowest BCUT2D eigenvalue weighted by Gasteiger charge is -2.10. The quantitative estimate of drug-likeness (QED) is 0.804. The van der Waals surface area contributed by atoms with E-state index in [4.69, 9.17) is 16.2 Å². The average Bonchev–Trinajstić information content (AvgIpc) is 2.47. The molecule has 2 aromatic rings. The summed E-state index contributed by atoms with van der Waals surface area (Å²) in [6, 6.07) is 13.1. The first kappa shape index (κ1) is 15.0. The number of nitrogens with zero attached hydrogens (tertiary/aromatic N) is 1. The normalized spacial score (nSPS) is 11.9. The molecule has 5 heteroatoms. The molecule has 21 heavy (non-hydrogen) atoms. The van der Waals surface area contributed by atoms with Crippen LogP contribution in [0.25, 0.3) is 0 Å². The van der Waals surface area contributed by atoms with E-state index in [0.717, 1.165) is 17.0 Å². The van der Waals surface area contributed by atoms with Gasteiger partial charge in [0, 0.05) is 18.7 Å². The molecular weight excluding hydrogens is 266 g/mol. The Morgan fingerprint density at radius 2 is 1.95 bits per heavy atom. The molecule has 1 aromatic carbocycles. The smallest absolute Gasteiger partial charge is 0.218 e. The van der Waals surface area contributed by atoms with Gasteiger partial charge >= 0.3 is 0 Å². The van der Waals surface area contributed by atoms with Crippen molar-refractivity contribution in [3.8, 4) is 5.75 Å². The van der Waals surface area contributed by atoms with Crippen LogP contribution in [0.3, 0.4) is 0 Å². The van der Waals surface area contributed by atoms with Crippen LogP contribution in [0.4, 0.5) is 0 Å². The Kier molecular flexibility index (Phi) is 5.29. The second-order valence-electron chi connectivity index (χ2n) is 4.89. The second-order valence-corrected chi connectivity index (χ2v) is 4.89. The Morgan fingerprint density at radius 3 is 2.57 bits per heavy atom. The summed E-state index contributed by atoms with van der Waals surface area (Å²) in [5.41, 5.74) is 12.9. The zero-order valence-corrected chi connectivity index (χ0v) is 11.7. The molecule has 5 nitrogen and oxygen atoms in total. The van der Waals surface area contributed by atoms with Crippen LogP contribution in [0, 0.1) is 0 Å². The average molecular weight is 285 g/mol. The van der Waals surface area contributed by atoms with Gasteiger partial charge in [0.2, 0.25) is 5.91 Å². The lowest BCUT2D eigenvalue weighted by Crippen LogP contribution is -2.29. The number of nitrogens with two attached hydrogens (primary N) is 2. The van der Waals surface area contributed by atoms with Gasteiger partial charge in [-0.15, -0.1) is 0 Å². The Labute approximate surface area is 123 Å². The van der Waals surface area contributed by atoms with Crippen molar-refractivity contribution in [3.63, 3.8) is 0 Å². The maximum atomic E-state index is 10.8. The molecule has 0 aliphatic rings. The number of pyridine rings is 1. The summed E-state index contributed by atoms with van der Waals surface area (Å²) in [4.78, 5) is 15.0. The van der Waals surface area contributed by atoms with Gasteiger partial charge in [-0.05, 0) is 36.2 Å². The first-order valence-electron chi connectivity index (χ1n) is 6.79. The van der Waals surface area contributed by atoms with Gasteiger partial charge in [0.25, 0.3) is 0 Å². The topological polar surface area (TPSA) is 91.2 Å². The van der Waals surface area contributed by atoms with Crippen LogP contribution in [-0.2, 0) is 17.8 Å². The zero-order chi connectivity index (χ0) is 15.1. The van der Waals surface area contributed by atoms with Crippen molar-refractivity contribution in [1.29, 1.82) is 0 Å². The molecule has 0 fully saturated rings. The maximum absolute atomic E-state index is 10.8. The number of carbonyl (C=O) groups excluding carboxylic acids is 1. The maximum Gasteiger partial charge on any atom is 0.218 e. The van der Waals surface area contributed by atoms with E-state index in [1.165, 1.54) is 0 Å². The molecule has 4 N–H and O–H groups in total. The number of ether oxygens (including phenoxy) is 1. The Morgan fingerprint density at radius 1 is 1.19 bits per heavy atom. The number of carbonyl (C=O) groups is 1. The van der Waals surface area contributed by atoms with Gasteiger partial charge in [0.05, 0.1) is 5.69 Å². The van der Waals surface area contributed by atoms with E-state index in [0.29, 0.717) is 13.0 Å². The van der Waals surface area contributed by atoms with Gasteiger partial charge in [-0.25, -0.2) is 0 Å². The largest absolute Gasteiger partial charge is 0.487 e. The fourth-order valence-corrected chi connectivity index (χ4v) is 2.00. The molecule has 0 radical (unpaired) electrons. The molecule has 1 atom stereocenters. The number of hydrogen-bond acceptors (Lipinski definition) is 4. The van der Waals surface area contributed by atoms with E-state index in [1.54, 1.807) is 6.20 Å². The third-order valence-electron chi connectivity index (χ3n) is 3.00. The Bertz CT molecular complexity index is 570. The minimum Gasteiger partial charge on any atom is -0.487 e. The van der Waals surface area contributed by atoms with Crippen LogP contribution < -0.4 is 16.2 Å². The predicted octanol–water partition coefficient (Wildman–Crippen LogP) is 1.41. The lowest BCUT2D eigenvalue weighted by molar-refractivity contribution is -0.118. The predicted molar refractivity (Wildman–Crippen MR) is 80.5 cm³/mol. The molecule has 1 heterocycles. The van der Waals surface area contributed by atoms with Crippen molar-refractivity contribution in [2.24, 2.45) is 11.5 Å².